The summed E-state index contributed by atoms with van der Waals surface area (Å²) in [5.74, 6) is 3.88. The molecule has 6 nitrogen and oxygen atoms in total. The van der Waals surface area contributed by atoms with Crippen LogP contribution in [-0.2, 0) is 0 Å². The number of aromatic amines is 1. The van der Waals surface area contributed by atoms with Crippen molar-refractivity contribution in [1.29, 1.82) is 0 Å². The lowest BCUT2D eigenvalue weighted by Crippen LogP contribution is -2.26. The van der Waals surface area contributed by atoms with Gasteiger partial charge in [-0.15, -0.1) is 0 Å². The van der Waals surface area contributed by atoms with E-state index in [1.54, 1.807) is 0 Å². The van der Waals surface area contributed by atoms with Gasteiger partial charge in [0.1, 0.15) is 23.6 Å². The van der Waals surface area contributed by atoms with Crippen LogP contribution in [-0.4, -0.2) is 22.5 Å². The van der Waals surface area contributed by atoms with E-state index in [1.807, 2.05) is 36.4 Å². The largest absolute Gasteiger partial charge is 0.347 e. The fraction of sp³-hybridized carbons (Fsp3) is 0.0417. The summed E-state index contributed by atoms with van der Waals surface area (Å²) >= 11 is 0. The van der Waals surface area contributed by atoms with Gasteiger partial charge in [0.05, 0.1) is 0 Å². The SMILES string of the molecule is c1ccc2c(c1)C1=NC/2=N\c2[nH]c(c3ccccc23)NC2N/C(=N\1)c1ccccc12. The first kappa shape index (κ1) is 15.7. The molecule has 1 atom stereocenters. The Labute approximate surface area is 172 Å². The van der Waals surface area contributed by atoms with Crippen LogP contribution < -0.4 is 10.6 Å². The van der Waals surface area contributed by atoms with Crippen molar-refractivity contribution in [3.8, 4) is 0 Å². The molecule has 0 spiro atoms. The molecule has 7 rings (SSSR count). The quantitative estimate of drug-likeness (QED) is 0.415. The molecule has 3 aliphatic heterocycles. The third kappa shape index (κ3) is 2.10. The fourth-order valence-corrected chi connectivity index (χ4v) is 4.45. The molecule has 1 unspecified atom stereocenters. The van der Waals surface area contributed by atoms with E-state index in [9.17, 15) is 0 Å². The van der Waals surface area contributed by atoms with Gasteiger partial charge in [0, 0.05) is 33.0 Å². The first-order chi connectivity index (χ1) is 14.8. The predicted octanol–water partition coefficient (Wildman–Crippen LogP) is 4.48. The van der Waals surface area contributed by atoms with Crippen LogP contribution in [0.4, 0.5) is 11.6 Å². The minimum atomic E-state index is -0.102. The summed E-state index contributed by atoms with van der Waals surface area (Å²) in [6, 6.07) is 24.7. The molecule has 0 saturated heterocycles. The van der Waals surface area contributed by atoms with Crippen LogP contribution in [0.2, 0.25) is 0 Å². The topological polar surface area (TPSA) is 76.9 Å². The summed E-state index contributed by atoms with van der Waals surface area (Å²) in [6.07, 6.45) is -0.102. The summed E-state index contributed by atoms with van der Waals surface area (Å²) in [5, 5.41) is 9.32. The Balaban J connectivity index is 1.57. The van der Waals surface area contributed by atoms with Crippen LogP contribution in [0, 0.1) is 0 Å². The molecule has 0 amide bonds. The average Bonchev–Trinajstić information content (AvgIpc) is 3.43. The van der Waals surface area contributed by atoms with Crippen LogP contribution >= 0.6 is 0 Å². The van der Waals surface area contributed by atoms with Crippen LogP contribution in [0.1, 0.15) is 28.4 Å². The molecule has 3 aliphatic rings. The van der Waals surface area contributed by atoms with Gasteiger partial charge in [0.2, 0.25) is 0 Å². The Morgan fingerprint density at radius 1 is 0.600 bits per heavy atom. The Morgan fingerprint density at radius 3 is 2.10 bits per heavy atom. The smallest absolute Gasteiger partial charge is 0.164 e. The third-order valence-corrected chi connectivity index (χ3v) is 5.85. The standard InChI is InChI=1S/C24H16N6/c1-2-8-14-13(7-1)19-25-20(14)29-22-17-11-5-6-12-18(17)24(27-22)30-23-16-10-4-3-9-15(16)21(26-23)28-19/h1-12,19,26,28H,(H,25,27,29,30). The fourth-order valence-electron chi connectivity index (χ4n) is 4.45. The van der Waals surface area contributed by atoms with Gasteiger partial charge in [-0.25, -0.2) is 15.0 Å². The molecule has 0 saturated carbocycles. The summed E-state index contributed by atoms with van der Waals surface area (Å²) < 4.78 is 0. The van der Waals surface area contributed by atoms with E-state index in [0.29, 0.717) is 11.7 Å². The van der Waals surface area contributed by atoms with E-state index >= 15 is 0 Å². The number of fused-ring (bicyclic) bond motifs is 14. The van der Waals surface area contributed by atoms with E-state index in [4.69, 9.17) is 15.0 Å². The van der Waals surface area contributed by atoms with Gasteiger partial charge >= 0.3 is 0 Å². The molecule has 1 aromatic heterocycles. The van der Waals surface area contributed by atoms with Crippen molar-refractivity contribution in [3.05, 3.63) is 95.1 Å². The first-order valence-corrected chi connectivity index (χ1v) is 9.94. The highest BCUT2D eigenvalue weighted by molar-refractivity contribution is 6.26. The molecule has 0 aliphatic carbocycles. The van der Waals surface area contributed by atoms with Gasteiger partial charge in [0.15, 0.2) is 11.7 Å². The van der Waals surface area contributed by atoms with E-state index in [1.165, 1.54) is 0 Å². The highest BCUT2D eigenvalue weighted by Gasteiger charge is 2.30. The van der Waals surface area contributed by atoms with Gasteiger partial charge in [-0.05, 0) is 0 Å². The number of rotatable bonds is 0. The Hall–Kier alpha value is -4.19. The van der Waals surface area contributed by atoms with Crippen molar-refractivity contribution in [3.63, 3.8) is 0 Å². The van der Waals surface area contributed by atoms with Crippen molar-refractivity contribution < 1.29 is 0 Å². The van der Waals surface area contributed by atoms with Crippen molar-refractivity contribution in [2.24, 2.45) is 15.0 Å². The number of H-pyrrole nitrogens is 1. The minimum Gasteiger partial charge on any atom is -0.347 e. The monoisotopic (exact) mass is 388 g/mol. The number of amidine groups is 3. The highest BCUT2D eigenvalue weighted by Crippen LogP contribution is 2.37. The third-order valence-electron chi connectivity index (χ3n) is 5.85. The molecule has 6 bridgehead atoms. The number of hydrogen-bond donors (Lipinski definition) is 3. The van der Waals surface area contributed by atoms with Gasteiger partial charge in [-0.1, -0.05) is 72.8 Å². The molecule has 3 aromatic carbocycles. The van der Waals surface area contributed by atoms with Crippen molar-refractivity contribution in [2.45, 2.75) is 6.17 Å². The van der Waals surface area contributed by atoms with Crippen molar-refractivity contribution in [2.75, 3.05) is 5.32 Å². The maximum Gasteiger partial charge on any atom is 0.164 e. The van der Waals surface area contributed by atoms with Gasteiger partial charge in [-0.2, -0.15) is 0 Å². The highest BCUT2D eigenvalue weighted by atomic mass is 15.2. The van der Waals surface area contributed by atoms with Crippen LogP contribution in [0.3, 0.4) is 0 Å². The molecule has 0 radical (unpaired) electrons. The Morgan fingerprint density at radius 2 is 1.27 bits per heavy atom. The summed E-state index contributed by atoms with van der Waals surface area (Å²) in [7, 11) is 0. The van der Waals surface area contributed by atoms with E-state index < -0.39 is 0 Å². The second-order valence-electron chi connectivity index (χ2n) is 7.58. The number of anilines is 1. The van der Waals surface area contributed by atoms with E-state index in [-0.39, 0.29) is 6.17 Å². The second kappa shape index (κ2) is 5.67. The molecule has 4 aromatic rings. The zero-order valence-corrected chi connectivity index (χ0v) is 15.8. The maximum absolute atomic E-state index is 4.93. The molecule has 4 heterocycles. The lowest BCUT2D eigenvalue weighted by atomic mass is 10.1. The molecule has 30 heavy (non-hydrogen) atoms. The normalized spacial score (nSPS) is 21.6. The molecule has 3 N–H and O–H groups in total. The second-order valence-corrected chi connectivity index (χ2v) is 7.58. The number of aromatic nitrogens is 1. The van der Waals surface area contributed by atoms with E-state index in [0.717, 1.165) is 50.5 Å². The van der Waals surface area contributed by atoms with E-state index in [2.05, 4.69) is 52.0 Å². The molecule has 6 heteroatoms. The number of nitrogens with zero attached hydrogens (tertiary/aromatic N) is 3. The number of hydrogen-bond acceptors (Lipinski definition) is 5. The first-order valence-electron chi connectivity index (χ1n) is 9.94. The number of nitrogens with one attached hydrogen (secondary N) is 3. The lowest BCUT2D eigenvalue weighted by Gasteiger charge is -2.15. The van der Waals surface area contributed by atoms with Gasteiger partial charge in [-0.3, -0.25) is 0 Å². The average molecular weight is 388 g/mol. The molecular weight excluding hydrogens is 372 g/mol. The lowest BCUT2D eigenvalue weighted by molar-refractivity contribution is 0.762. The molecule has 0 fully saturated rings. The summed E-state index contributed by atoms with van der Waals surface area (Å²) in [6.45, 7) is 0. The minimum absolute atomic E-state index is 0.102. The zero-order chi connectivity index (χ0) is 19.7. The Kier molecular flexibility index (Phi) is 2.97. The zero-order valence-electron chi connectivity index (χ0n) is 15.8. The molecule has 142 valence electrons. The predicted molar refractivity (Wildman–Crippen MR) is 120 cm³/mol. The van der Waals surface area contributed by atoms with Crippen molar-refractivity contribution in [1.82, 2.24) is 10.3 Å². The van der Waals surface area contributed by atoms with Gasteiger partial charge < -0.3 is 15.6 Å². The maximum atomic E-state index is 4.93. The van der Waals surface area contributed by atoms with Crippen LogP contribution in [0.25, 0.3) is 10.8 Å². The van der Waals surface area contributed by atoms with Gasteiger partial charge in [0.25, 0.3) is 0 Å². The summed E-state index contributed by atoms with van der Waals surface area (Å²) in [5.41, 5.74) is 4.22. The molecular formula is C24H16N6. The number of aliphatic imine (C=N–C) groups is 3. The van der Waals surface area contributed by atoms with Crippen LogP contribution in [0.15, 0.2) is 87.8 Å². The Bertz CT molecular complexity index is 1460. The van der Waals surface area contributed by atoms with Crippen molar-refractivity contribution >= 4 is 39.9 Å². The number of benzene rings is 3. The van der Waals surface area contributed by atoms with Crippen LogP contribution in [0.5, 0.6) is 0 Å². The summed E-state index contributed by atoms with van der Waals surface area (Å²) in [4.78, 5) is 18.1.